The van der Waals surface area contributed by atoms with Gasteiger partial charge in [0.1, 0.15) is 11.8 Å². The van der Waals surface area contributed by atoms with E-state index in [0.717, 1.165) is 17.7 Å². The van der Waals surface area contributed by atoms with E-state index < -0.39 is 4.92 Å². The van der Waals surface area contributed by atoms with Gasteiger partial charge in [-0.05, 0) is 30.2 Å². The molecule has 1 N–H and O–H groups in total. The number of aromatic nitrogens is 5. The second kappa shape index (κ2) is 6.79. The molecule has 0 fully saturated rings. The fraction of sp³-hybridized carbons (Fsp3) is 0.111. The van der Waals surface area contributed by atoms with E-state index in [4.69, 9.17) is 0 Å². The van der Waals surface area contributed by atoms with Gasteiger partial charge in [-0.3, -0.25) is 10.1 Å². The molecule has 4 rings (SSSR count). The average molecular weight is 361 g/mol. The maximum Gasteiger partial charge on any atom is 0.356 e. The lowest BCUT2D eigenvalue weighted by molar-refractivity contribution is -0.384. The van der Waals surface area contributed by atoms with E-state index in [-0.39, 0.29) is 17.3 Å². The Bertz CT molecular complexity index is 1140. The van der Waals surface area contributed by atoms with E-state index >= 15 is 0 Å². The molecule has 0 saturated carbocycles. The van der Waals surface area contributed by atoms with Crippen LogP contribution >= 0.6 is 0 Å². The second-order valence-corrected chi connectivity index (χ2v) is 5.78. The fourth-order valence-corrected chi connectivity index (χ4v) is 2.89. The number of para-hydroxylation sites is 2. The number of nitrogens with one attached hydrogen (secondary N) is 1. The van der Waals surface area contributed by atoms with Crippen LogP contribution in [0.25, 0.3) is 16.9 Å². The Morgan fingerprint density at radius 1 is 1.11 bits per heavy atom. The molecule has 2 aromatic heterocycles. The van der Waals surface area contributed by atoms with Crippen LogP contribution < -0.4 is 5.32 Å². The SMILES string of the molecule is CCc1ccccc1Nc1ncnc(-n2nnc3ccccc32)c1[N+](=O)[O-]. The molecule has 4 aromatic rings. The molecule has 0 amide bonds. The van der Waals surface area contributed by atoms with Crippen molar-refractivity contribution in [1.82, 2.24) is 25.0 Å². The van der Waals surface area contributed by atoms with Gasteiger partial charge in [0, 0.05) is 5.69 Å². The Morgan fingerprint density at radius 2 is 1.89 bits per heavy atom. The normalized spacial score (nSPS) is 10.9. The third kappa shape index (κ3) is 2.95. The first-order valence-electron chi connectivity index (χ1n) is 8.34. The number of nitro groups is 1. The summed E-state index contributed by atoms with van der Waals surface area (Å²) in [5.74, 6) is 0.158. The molecule has 9 nitrogen and oxygen atoms in total. The van der Waals surface area contributed by atoms with Crippen LogP contribution in [0.4, 0.5) is 17.2 Å². The molecule has 0 spiro atoms. The number of benzene rings is 2. The van der Waals surface area contributed by atoms with Crippen LogP contribution in [0.1, 0.15) is 12.5 Å². The van der Waals surface area contributed by atoms with E-state index in [2.05, 4.69) is 25.6 Å². The third-order valence-corrected chi connectivity index (χ3v) is 4.19. The fourth-order valence-electron chi connectivity index (χ4n) is 2.89. The smallest absolute Gasteiger partial charge is 0.334 e. The highest BCUT2D eigenvalue weighted by molar-refractivity contribution is 5.78. The van der Waals surface area contributed by atoms with E-state index in [1.807, 2.05) is 43.3 Å². The van der Waals surface area contributed by atoms with Crippen molar-refractivity contribution in [2.24, 2.45) is 0 Å². The maximum absolute atomic E-state index is 11.8. The van der Waals surface area contributed by atoms with E-state index in [1.165, 1.54) is 11.0 Å². The lowest BCUT2D eigenvalue weighted by Crippen LogP contribution is -2.09. The van der Waals surface area contributed by atoms with Gasteiger partial charge in [-0.25, -0.2) is 9.97 Å². The van der Waals surface area contributed by atoms with Gasteiger partial charge in [0.05, 0.1) is 10.4 Å². The highest BCUT2D eigenvalue weighted by Crippen LogP contribution is 2.32. The molecular weight excluding hydrogens is 346 g/mol. The first kappa shape index (κ1) is 16.6. The summed E-state index contributed by atoms with van der Waals surface area (Å²) in [6.07, 6.45) is 2.05. The monoisotopic (exact) mass is 361 g/mol. The molecule has 0 unspecified atom stereocenters. The van der Waals surface area contributed by atoms with E-state index in [9.17, 15) is 10.1 Å². The third-order valence-electron chi connectivity index (χ3n) is 4.19. The molecule has 0 aliphatic heterocycles. The number of aryl methyl sites for hydroxylation is 1. The number of nitrogens with zero attached hydrogens (tertiary/aromatic N) is 6. The number of rotatable bonds is 5. The number of fused-ring (bicyclic) bond motifs is 1. The average Bonchev–Trinajstić information content (AvgIpc) is 3.12. The summed E-state index contributed by atoms with van der Waals surface area (Å²) in [5, 5.41) is 23.0. The lowest BCUT2D eigenvalue weighted by Gasteiger charge is -2.11. The summed E-state index contributed by atoms with van der Waals surface area (Å²) < 4.78 is 1.35. The molecule has 0 bridgehead atoms. The number of anilines is 2. The predicted molar refractivity (Wildman–Crippen MR) is 100 cm³/mol. The van der Waals surface area contributed by atoms with Crippen LogP contribution in [0.5, 0.6) is 0 Å². The zero-order valence-corrected chi connectivity index (χ0v) is 14.4. The molecule has 9 heteroatoms. The van der Waals surface area contributed by atoms with Gasteiger partial charge in [0.15, 0.2) is 0 Å². The van der Waals surface area contributed by atoms with Crippen molar-refractivity contribution >= 4 is 28.2 Å². The van der Waals surface area contributed by atoms with Crippen LogP contribution in [-0.4, -0.2) is 29.9 Å². The highest BCUT2D eigenvalue weighted by Gasteiger charge is 2.26. The molecule has 0 aliphatic rings. The first-order chi connectivity index (χ1) is 13.2. The van der Waals surface area contributed by atoms with Crippen molar-refractivity contribution in [3.8, 4) is 5.82 Å². The van der Waals surface area contributed by atoms with Crippen molar-refractivity contribution in [1.29, 1.82) is 0 Å². The lowest BCUT2D eigenvalue weighted by atomic mass is 10.1. The Morgan fingerprint density at radius 3 is 2.70 bits per heavy atom. The zero-order valence-electron chi connectivity index (χ0n) is 14.4. The molecular formula is C18H15N7O2. The van der Waals surface area contributed by atoms with Gasteiger partial charge < -0.3 is 5.32 Å². The minimum absolute atomic E-state index is 0.0557. The minimum atomic E-state index is -0.511. The van der Waals surface area contributed by atoms with Gasteiger partial charge in [-0.15, -0.1) is 5.10 Å². The standard InChI is InChI=1S/C18H15N7O2/c1-2-12-7-3-4-8-13(12)21-17-16(25(26)27)18(20-11-19-17)24-15-10-6-5-9-14(15)22-23-24/h3-11H,2H2,1H3,(H,19,20,21). The summed E-state index contributed by atoms with van der Waals surface area (Å²) in [6, 6.07) is 14.8. The molecule has 0 atom stereocenters. The molecule has 0 radical (unpaired) electrons. The number of hydrogen-bond acceptors (Lipinski definition) is 7. The second-order valence-electron chi connectivity index (χ2n) is 5.78. The quantitative estimate of drug-likeness (QED) is 0.428. The summed E-state index contributed by atoms with van der Waals surface area (Å²) >= 11 is 0. The first-order valence-corrected chi connectivity index (χ1v) is 8.34. The van der Waals surface area contributed by atoms with Crippen LogP contribution in [0.3, 0.4) is 0 Å². The van der Waals surface area contributed by atoms with Gasteiger partial charge in [-0.2, -0.15) is 4.68 Å². The van der Waals surface area contributed by atoms with Gasteiger partial charge in [0.25, 0.3) is 0 Å². The van der Waals surface area contributed by atoms with Crippen LogP contribution in [0.2, 0.25) is 0 Å². The number of hydrogen-bond donors (Lipinski definition) is 1. The predicted octanol–water partition coefficient (Wildman–Crippen LogP) is 3.42. The van der Waals surface area contributed by atoms with Gasteiger partial charge in [-0.1, -0.05) is 42.5 Å². The van der Waals surface area contributed by atoms with Crippen molar-refractivity contribution in [3.63, 3.8) is 0 Å². The van der Waals surface area contributed by atoms with E-state index in [0.29, 0.717) is 11.0 Å². The van der Waals surface area contributed by atoms with Crippen molar-refractivity contribution < 1.29 is 4.92 Å². The minimum Gasteiger partial charge on any atom is -0.334 e. The highest BCUT2D eigenvalue weighted by atomic mass is 16.6. The Balaban J connectivity index is 1.87. The molecule has 2 heterocycles. The summed E-state index contributed by atoms with van der Waals surface area (Å²) in [6.45, 7) is 2.02. The molecule has 27 heavy (non-hydrogen) atoms. The van der Waals surface area contributed by atoms with Crippen LogP contribution in [0.15, 0.2) is 54.9 Å². The van der Waals surface area contributed by atoms with E-state index in [1.54, 1.807) is 12.1 Å². The topological polar surface area (TPSA) is 112 Å². The summed E-state index contributed by atoms with van der Waals surface area (Å²) in [5.41, 5.74) is 2.77. The molecule has 2 aromatic carbocycles. The van der Waals surface area contributed by atoms with Crippen LogP contribution in [-0.2, 0) is 6.42 Å². The largest absolute Gasteiger partial charge is 0.356 e. The van der Waals surface area contributed by atoms with Crippen molar-refractivity contribution in [2.75, 3.05) is 5.32 Å². The van der Waals surface area contributed by atoms with Gasteiger partial charge in [0.2, 0.25) is 11.6 Å². The summed E-state index contributed by atoms with van der Waals surface area (Å²) in [4.78, 5) is 19.5. The maximum atomic E-state index is 11.8. The van der Waals surface area contributed by atoms with Crippen LogP contribution in [0, 0.1) is 10.1 Å². The summed E-state index contributed by atoms with van der Waals surface area (Å²) in [7, 11) is 0. The Kier molecular flexibility index (Phi) is 4.17. The molecule has 0 aliphatic carbocycles. The van der Waals surface area contributed by atoms with Gasteiger partial charge >= 0.3 is 5.69 Å². The zero-order chi connectivity index (χ0) is 18.8. The molecule has 134 valence electrons. The van der Waals surface area contributed by atoms with Crippen molar-refractivity contribution in [2.45, 2.75) is 13.3 Å². The Labute approximate surface area is 153 Å². The van der Waals surface area contributed by atoms with Crippen molar-refractivity contribution in [3.05, 3.63) is 70.5 Å². The molecule has 0 saturated heterocycles. The Hall–Kier alpha value is -3.88.